The number of hydrogen-bond donors (Lipinski definition) is 2. The number of carboxylic acid groups (broad SMARTS) is 1. The maximum Gasteiger partial charge on any atom is 0.335 e. The van der Waals surface area contributed by atoms with E-state index in [0.29, 0.717) is 11.3 Å². The molecule has 2 N–H and O–H groups in total. The van der Waals surface area contributed by atoms with Gasteiger partial charge in [0.25, 0.3) is 0 Å². The van der Waals surface area contributed by atoms with E-state index >= 15 is 0 Å². The van der Waals surface area contributed by atoms with E-state index in [-0.39, 0.29) is 17.2 Å². The fourth-order valence-corrected chi connectivity index (χ4v) is 3.26. The molecule has 0 bridgehead atoms. The molecular weight excluding hydrogens is 254 g/mol. The molecular formula is C12H15NO4S. The van der Waals surface area contributed by atoms with Gasteiger partial charge in [-0.1, -0.05) is 6.07 Å². The van der Waals surface area contributed by atoms with Gasteiger partial charge in [-0.25, -0.2) is 13.2 Å². The largest absolute Gasteiger partial charge is 0.478 e. The number of hydrogen-bond acceptors (Lipinski definition) is 3. The van der Waals surface area contributed by atoms with E-state index in [4.69, 9.17) is 5.11 Å². The summed E-state index contributed by atoms with van der Waals surface area (Å²) in [5, 5.41) is 8.88. The number of aryl methyl sites for hydroxylation is 1. The minimum absolute atomic E-state index is 0.0738. The quantitative estimate of drug-likeness (QED) is 0.854. The summed E-state index contributed by atoms with van der Waals surface area (Å²) in [7, 11) is -3.38. The highest BCUT2D eigenvalue weighted by molar-refractivity contribution is 7.92. The van der Waals surface area contributed by atoms with Gasteiger partial charge in [-0.3, -0.25) is 4.72 Å². The Kier molecular flexibility index (Phi) is 3.30. The minimum Gasteiger partial charge on any atom is -0.478 e. The molecule has 0 heterocycles. The van der Waals surface area contributed by atoms with Gasteiger partial charge in [-0.15, -0.1) is 0 Å². The molecule has 5 nitrogen and oxygen atoms in total. The van der Waals surface area contributed by atoms with Crippen LogP contribution in [-0.2, 0) is 10.0 Å². The highest BCUT2D eigenvalue weighted by atomic mass is 32.2. The van der Waals surface area contributed by atoms with Gasteiger partial charge in [0.1, 0.15) is 0 Å². The van der Waals surface area contributed by atoms with Gasteiger partial charge >= 0.3 is 5.97 Å². The van der Waals surface area contributed by atoms with Crippen molar-refractivity contribution in [3.05, 3.63) is 29.3 Å². The molecule has 6 heteroatoms. The number of nitrogens with one attached hydrogen (secondary N) is 1. The number of sulfonamides is 1. The van der Waals surface area contributed by atoms with Crippen LogP contribution in [0.15, 0.2) is 18.2 Å². The molecule has 0 amide bonds. The Morgan fingerprint density at radius 2 is 2.11 bits per heavy atom. The Morgan fingerprint density at radius 3 is 2.67 bits per heavy atom. The Balaban J connectivity index is 2.21. The standard InChI is InChI=1S/C12H15NO4S/c1-8-2-5-10(12(14)15)6-11(8)13-18(16,17)7-9-3-4-9/h2,5-6,9,13H,3-4,7H2,1H3,(H,14,15). The topological polar surface area (TPSA) is 83.5 Å². The predicted molar refractivity (Wildman–Crippen MR) is 68.3 cm³/mol. The zero-order chi connectivity index (χ0) is 13.3. The zero-order valence-corrected chi connectivity index (χ0v) is 10.8. The van der Waals surface area contributed by atoms with E-state index in [1.165, 1.54) is 12.1 Å². The molecule has 98 valence electrons. The lowest BCUT2D eigenvalue weighted by Gasteiger charge is -2.10. The SMILES string of the molecule is Cc1ccc(C(=O)O)cc1NS(=O)(=O)CC1CC1. The van der Waals surface area contributed by atoms with Crippen LogP contribution in [0.2, 0.25) is 0 Å². The molecule has 0 aromatic heterocycles. The van der Waals surface area contributed by atoms with Gasteiger partial charge in [-0.2, -0.15) is 0 Å². The van der Waals surface area contributed by atoms with Crippen molar-refractivity contribution in [2.75, 3.05) is 10.5 Å². The molecule has 0 saturated heterocycles. The van der Waals surface area contributed by atoms with Crippen LogP contribution in [0, 0.1) is 12.8 Å². The average Bonchev–Trinajstić information content (AvgIpc) is 3.03. The number of carbonyl (C=O) groups is 1. The van der Waals surface area contributed by atoms with Crippen LogP contribution in [0.3, 0.4) is 0 Å². The second-order valence-electron chi connectivity index (χ2n) is 4.66. The summed E-state index contributed by atoms with van der Waals surface area (Å²) in [6.07, 6.45) is 1.91. The predicted octanol–water partition coefficient (Wildman–Crippen LogP) is 1.84. The van der Waals surface area contributed by atoms with Crippen LogP contribution in [0.25, 0.3) is 0 Å². The van der Waals surface area contributed by atoms with Gasteiger partial charge in [0.2, 0.25) is 10.0 Å². The van der Waals surface area contributed by atoms with Crippen molar-refractivity contribution in [2.24, 2.45) is 5.92 Å². The van der Waals surface area contributed by atoms with Crippen molar-refractivity contribution in [3.63, 3.8) is 0 Å². The van der Waals surface area contributed by atoms with Crippen LogP contribution in [-0.4, -0.2) is 25.2 Å². The third-order valence-corrected chi connectivity index (χ3v) is 4.34. The maximum absolute atomic E-state index is 11.8. The first-order valence-corrected chi connectivity index (χ1v) is 7.37. The highest BCUT2D eigenvalue weighted by Gasteiger charge is 2.28. The first-order valence-electron chi connectivity index (χ1n) is 5.72. The van der Waals surface area contributed by atoms with Crippen molar-refractivity contribution in [1.29, 1.82) is 0 Å². The van der Waals surface area contributed by atoms with Crippen LogP contribution in [0.5, 0.6) is 0 Å². The van der Waals surface area contributed by atoms with Crippen LogP contribution >= 0.6 is 0 Å². The molecule has 1 aliphatic carbocycles. The minimum atomic E-state index is -3.38. The molecule has 0 spiro atoms. The van der Waals surface area contributed by atoms with Crippen molar-refractivity contribution < 1.29 is 18.3 Å². The molecule has 0 atom stereocenters. The highest BCUT2D eigenvalue weighted by Crippen LogP contribution is 2.31. The lowest BCUT2D eigenvalue weighted by Crippen LogP contribution is -2.18. The van der Waals surface area contributed by atoms with E-state index < -0.39 is 16.0 Å². The molecule has 0 aliphatic heterocycles. The third kappa shape index (κ3) is 3.22. The van der Waals surface area contributed by atoms with Crippen molar-refractivity contribution >= 4 is 21.7 Å². The monoisotopic (exact) mass is 269 g/mol. The summed E-state index contributed by atoms with van der Waals surface area (Å²) in [5.41, 5.74) is 1.12. The van der Waals surface area contributed by atoms with Crippen molar-refractivity contribution in [3.8, 4) is 0 Å². The normalized spacial score (nSPS) is 15.4. The Morgan fingerprint density at radius 1 is 1.44 bits per heavy atom. The Labute approximate surface area is 106 Å². The van der Waals surface area contributed by atoms with Crippen LogP contribution in [0.4, 0.5) is 5.69 Å². The summed E-state index contributed by atoms with van der Waals surface area (Å²) >= 11 is 0. The molecule has 1 aliphatic rings. The van der Waals surface area contributed by atoms with Gasteiger partial charge in [0.15, 0.2) is 0 Å². The molecule has 1 aromatic rings. The van der Waals surface area contributed by atoms with Gasteiger partial charge in [0.05, 0.1) is 17.0 Å². The van der Waals surface area contributed by atoms with E-state index in [1.807, 2.05) is 0 Å². The average molecular weight is 269 g/mol. The van der Waals surface area contributed by atoms with Gasteiger partial charge < -0.3 is 5.11 Å². The molecule has 1 saturated carbocycles. The number of carboxylic acids is 1. The summed E-state index contributed by atoms with van der Waals surface area (Å²) in [4.78, 5) is 10.8. The summed E-state index contributed by atoms with van der Waals surface area (Å²) in [6.45, 7) is 1.74. The Bertz CT molecular complexity index is 576. The number of rotatable bonds is 5. The van der Waals surface area contributed by atoms with Gasteiger partial charge in [-0.05, 0) is 43.4 Å². The van der Waals surface area contributed by atoms with E-state index in [9.17, 15) is 13.2 Å². The summed E-state index contributed by atoms with van der Waals surface area (Å²) in [5.74, 6) is -0.702. The van der Waals surface area contributed by atoms with E-state index in [2.05, 4.69) is 4.72 Å². The van der Waals surface area contributed by atoms with Crippen molar-refractivity contribution in [2.45, 2.75) is 19.8 Å². The summed E-state index contributed by atoms with van der Waals surface area (Å²) < 4.78 is 26.1. The molecule has 18 heavy (non-hydrogen) atoms. The van der Waals surface area contributed by atoms with Crippen molar-refractivity contribution in [1.82, 2.24) is 0 Å². The fraction of sp³-hybridized carbons (Fsp3) is 0.417. The van der Waals surface area contributed by atoms with E-state index in [1.54, 1.807) is 13.0 Å². The number of aromatic carboxylic acids is 1. The van der Waals surface area contributed by atoms with E-state index in [0.717, 1.165) is 12.8 Å². The maximum atomic E-state index is 11.8. The Hall–Kier alpha value is -1.56. The summed E-state index contributed by atoms with van der Waals surface area (Å²) in [6, 6.07) is 4.40. The second kappa shape index (κ2) is 4.61. The number of anilines is 1. The lowest BCUT2D eigenvalue weighted by atomic mass is 10.1. The molecule has 2 rings (SSSR count). The van der Waals surface area contributed by atoms with Crippen LogP contribution < -0.4 is 4.72 Å². The molecule has 0 unspecified atom stereocenters. The third-order valence-electron chi connectivity index (χ3n) is 2.90. The lowest BCUT2D eigenvalue weighted by molar-refractivity contribution is 0.0697. The van der Waals surface area contributed by atoms with Crippen LogP contribution in [0.1, 0.15) is 28.8 Å². The zero-order valence-electron chi connectivity index (χ0n) is 10.0. The fourth-order valence-electron chi connectivity index (χ4n) is 1.67. The first kappa shape index (κ1) is 12.9. The smallest absolute Gasteiger partial charge is 0.335 e. The second-order valence-corrected chi connectivity index (χ2v) is 6.43. The van der Waals surface area contributed by atoms with Gasteiger partial charge in [0, 0.05) is 0 Å². The molecule has 1 aromatic carbocycles. The molecule has 0 radical (unpaired) electrons. The molecule has 1 fully saturated rings. The first-order chi connectivity index (χ1) is 8.37. The number of benzene rings is 1.